The van der Waals surface area contributed by atoms with Gasteiger partial charge in [0.1, 0.15) is 0 Å². The summed E-state index contributed by atoms with van der Waals surface area (Å²) in [7, 11) is 0. The molecule has 19 heavy (non-hydrogen) atoms. The molecule has 0 bridgehead atoms. The molecule has 0 atom stereocenters. The fourth-order valence-electron chi connectivity index (χ4n) is 1.72. The maximum absolute atomic E-state index is 9.21. The van der Waals surface area contributed by atoms with Gasteiger partial charge in [0, 0.05) is 22.0 Å². The van der Waals surface area contributed by atoms with Gasteiger partial charge < -0.3 is 0 Å². The van der Waals surface area contributed by atoms with E-state index in [2.05, 4.69) is 6.07 Å². The van der Waals surface area contributed by atoms with Crippen LogP contribution in [-0.2, 0) is 6.42 Å². The summed E-state index contributed by atoms with van der Waals surface area (Å²) < 4.78 is 0. The van der Waals surface area contributed by atoms with Crippen molar-refractivity contribution < 1.29 is 0 Å². The van der Waals surface area contributed by atoms with Gasteiger partial charge in [-0.3, -0.25) is 0 Å². The van der Waals surface area contributed by atoms with Gasteiger partial charge in [0.2, 0.25) is 0 Å². The van der Waals surface area contributed by atoms with E-state index in [1.54, 1.807) is 0 Å². The van der Waals surface area contributed by atoms with E-state index >= 15 is 0 Å². The van der Waals surface area contributed by atoms with Crippen molar-refractivity contribution >= 4 is 29.3 Å². The van der Waals surface area contributed by atoms with Crippen LogP contribution in [0.15, 0.2) is 54.1 Å². The lowest BCUT2D eigenvalue weighted by molar-refractivity contribution is 1.21. The van der Waals surface area contributed by atoms with Crippen molar-refractivity contribution in [1.82, 2.24) is 0 Å². The van der Waals surface area contributed by atoms with E-state index in [9.17, 15) is 5.26 Å². The van der Waals surface area contributed by atoms with E-state index in [-0.39, 0.29) is 0 Å². The van der Waals surface area contributed by atoms with Crippen LogP contribution in [0.3, 0.4) is 0 Å². The minimum absolute atomic E-state index is 0.568. The molecule has 0 amide bonds. The van der Waals surface area contributed by atoms with E-state index < -0.39 is 0 Å². The number of halogens is 2. The number of rotatable bonds is 3. The molecule has 0 radical (unpaired) electrons. The summed E-state index contributed by atoms with van der Waals surface area (Å²) in [4.78, 5) is 0. The highest BCUT2D eigenvalue weighted by molar-refractivity contribution is 6.32. The highest BCUT2D eigenvalue weighted by Gasteiger charge is 2.02. The molecule has 0 spiro atoms. The Labute approximate surface area is 122 Å². The lowest BCUT2D eigenvalue weighted by Crippen LogP contribution is -1.88. The zero-order chi connectivity index (χ0) is 13.7. The van der Waals surface area contributed by atoms with Crippen molar-refractivity contribution in [1.29, 1.82) is 5.26 Å². The zero-order valence-electron chi connectivity index (χ0n) is 10.1. The van der Waals surface area contributed by atoms with Crippen molar-refractivity contribution in [3.05, 3.63) is 75.3 Å². The number of nitrogens with zero attached hydrogens (tertiary/aromatic N) is 1. The van der Waals surface area contributed by atoms with Crippen LogP contribution in [-0.4, -0.2) is 0 Å². The molecule has 0 aliphatic rings. The Balaban J connectivity index is 2.24. The van der Waals surface area contributed by atoms with Crippen LogP contribution in [0, 0.1) is 11.3 Å². The first-order valence-electron chi connectivity index (χ1n) is 5.78. The third kappa shape index (κ3) is 3.86. The van der Waals surface area contributed by atoms with Crippen LogP contribution in [0.25, 0.3) is 6.08 Å². The standard InChI is InChI=1S/C16H11Cl2N/c17-15-7-5-12(6-8-15)9-13(11-19)10-14-3-1-2-4-16(14)18/h1-8,10H,9H2/b13-10-. The normalized spacial score (nSPS) is 11.1. The summed E-state index contributed by atoms with van der Waals surface area (Å²) in [5, 5.41) is 10.5. The van der Waals surface area contributed by atoms with Gasteiger partial charge in [0.25, 0.3) is 0 Å². The minimum Gasteiger partial charge on any atom is -0.193 e. The molecule has 2 rings (SSSR count). The first-order chi connectivity index (χ1) is 9.19. The van der Waals surface area contributed by atoms with Gasteiger partial charge in [-0.15, -0.1) is 0 Å². The molecule has 0 N–H and O–H groups in total. The topological polar surface area (TPSA) is 23.8 Å². The average molecular weight is 288 g/mol. The molecule has 0 saturated heterocycles. The molecule has 0 aliphatic heterocycles. The molecular formula is C16H11Cl2N. The summed E-state index contributed by atoms with van der Waals surface area (Å²) in [5.41, 5.74) is 2.56. The average Bonchev–Trinajstić information content (AvgIpc) is 2.43. The molecule has 2 aromatic rings. The molecular weight excluding hydrogens is 277 g/mol. The second-order valence-electron chi connectivity index (χ2n) is 4.11. The number of hydrogen-bond donors (Lipinski definition) is 0. The Kier molecular flexibility index (Phi) is 4.63. The van der Waals surface area contributed by atoms with Gasteiger partial charge in [-0.1, -0.05) is 53.5 Å². The van der Waals surface area contributed by atoms with Crippen molar-refractivity contribution in [3.63, 3.8) is 0 Å². The second kappa shape index (κ2) is 6.43. The molecule has 94 valence electrons. The fraction of sp³-hybridized carbons (Fsp3) is 0.0625. The Morgan fingerprint density at radius 2 is 1.74 bits per heavy atom. The molecule has 1 nitrogen and oxygen atoms in total. The summed E-state index contributed by atoms with van der Waals surface area (Å²) >= 11 is 11.9. The predicted molar refractivity (Wildman–Crippen MR) is 80.2 cm³/mol. The minimum atomic E-state index is 0.568. The third-order valence-electron chi connectivity index (χ3n) is 2.69. The highest BCUT2D eigenvalue weighted by atomic mass is 35.5. The summed E-state index contributed by atoms with van der Waals surface area (Å²) in [6.45, 7) is 0. The lowest BCUT2D eigenvalue weighted by Gasteiger charge is -2.02. The highest BCUT2D eigenvalue weighted by Crippen LogP contribution is 2.20. The molecule has 0 aromatic heterocycles. The number of benzene rings is 2. The second-order valence-corrected chi connectivity index (χ2v) is 4.95. The number of allylic oxidation sites excluding steroid dienone is 1. The zero-order valence-corrected chi connectivity index (χ0v) is 11.6. The fourth-order valence-corrected chi connectivity index (χ4v) is 2.04. The van der Waals surface area contributed by atoms with Gasteiger partial charge in [0.05, 0.1) is 6.07 Å². The maximum atomic E-state index is 9.21. The van der Waals surface area contributed by atoms with Crippen molar-refractivity contribution in [2.45, 2.75) is 6.42 Å². The van der Waals surface area contributed by atoms with Crippen molar-refractivity contribution in [2.75, 3.05) is 0 Å². The van der Waals surface area contributed by atoms with Gasteiger partial charge in [-0.25, -0.2) is 0 Å². The largest absolute Gasteiger partial charge is 0.193 e. The molecule has 0 aliphatic carbocycles. The van der Waals surface area contributed by atoms with Crippen LogP contribution < -0.4 is 0 Å². The Morgan fingerprint density at radius 3 is 2.37 bits per heavy atom. The van der Waals surface area contributed by atoms with Gasteiger partial charge in [-0.05, 0) is 35.4 Å². The van der Waals surface area contributed by atoms with E-state index in [0.29, 0.717) is 22.0 Å². The van der Waals surface area contributed by atoms with Crippen LogP contribution in [0.1, 0.15) is 11.1 Å². The molecule has 2 aromatic carbocycles. The van der Waals surface area contributed by atoms with E-state index in [0.717, 1.165) is 11.1 Å². The van der Waals surface area contributed by atoms with Crippen molar-refractivity contribution in [2.24, 2.45) is 0 Å². The molecule has 0 saturated carbocycles. The summed E-state index contributed by atoms with van der Waals surface area (Å²) in [6, 6.07) is 17.1. The summed E-state index contributed by atoms with van der Waals surface area (Å²) in [5.74, 6) is 0. The molecule has 0 unspecified atom stereocenters. The first kappa shape index (κ1) is 13.7. The van der Waals surface area contributed by atoms with Gasteiger partial charge in [-0.2, -0.15) is 5.26 Å². The van der Waals surface area contributed by atoms with Crippen LogP contribution >= 0.6 is 23.2 Å². The Morgan fingerprint density at radius 1 is 1.05 bits per heavy atom. The quantitative estimate of drug-likeness (QED) is 0.717. The van der Waals surface area contributed by atoms with Crippen LogP contribution in [0.4, 0.5) is 0 Å². The van der Waals surface area contributed by atoms with E-state index in [1.165, 1.54) is 0 Å². The monoisotopic (exact) mass is 287 g/mol. The van der Waals surface area contributed by atoms with Crippen molar-refractivity contribution in [3.8, 4) is 6.07 Å². The molecule has 3 heteroatoms. The van der Waals surface area contributed by atoms with E-state index in [1.807, 2.05) is 54.6 Å². The SMILES string of the molecule is N#C/C(=C\c1ccccc1Cl)Cc1ccc(Cl)cc1. The number of hydrogen-bond acceptors (Lipinski definition) is 1. The third-order valence-corrected chi connectivity index (χ3v) is 3.28. The van der Waals surface area contributed by atoms with Crippen LogP contribution in [0.2, 0.25) is 10.0 Å². The summed E-state index contributed by atoms with van der Waals surface area (Å²) in [6.07, 6.45) is 2.38. The maximum Gasteiger partial charge on any atom is 0.0950 e. The van der Waals surface area contributed by atoms with Crippen LogP contribution in [0.5, 0.6) is 0 Å². The predicted octanol–water partition coefficient (Wildman–Crippen LogP) is 5.14. The van der Waals surface area contributed by atoms with E-state index in [4.69, 9.17) is 23.2 Å². The van der Waals surface area contributed by atoms with Gasteiger partial charge >= 0.3 is 0 Å². The molecule has 0 fully saturated rings. The number of nitriles is 1. The smallest absolute Gasteiger partial charge is 0.0950 e. The van der Waals surface area contributed by atoms with Gasteiger partial charge in [0.15, 0.2) is 0 Å². The Bertz CT molecular complexity index is 637. The lowest BCUT2D eigenvalue weighted by atomic mass is 10.0. The Hall–Kier alpha value is -1.75. The first-order valence-corrected chi connectivity index (χ1v) is 6.54. The molecule has 0 heterocycles.